The van der Waals surface area contributed by atoms with Crippen molar-refractivity contribution >= 4 is 115 Å². The SMILES string of the molecule is N#CSCc1cccc(-c2c3nc(c(-c4cccc(I)c4)c4ccc([n-]4)c(-c4cccc(CSC#N)c4)c4nc(c(-c5cccc(I)c5)c5ccc2[n-]5)C=C4)C=C3)c1.[Zn+2]. The standard InChI is InChI=1S/C48H28I2N6S2.Zn/c49-35-11-3-9-33(23-35)47-41-17-13-37(53-41)45(31-7-1-5-29(21-31)25-57-27-51)38-14-18-42(54-38)48(34-10-4-12-36(50)24-34)44-20-16-40(56-44)46(39-15-19-43(47)55-39)32-8-2-6-30(22-32)26-58-28-52;/h1-24H,25-26H2;/q-2;+2. The first-order chi connectivity index (χ1) is 28.4. The predicted octanol–water partition coefficient (Wildman–Crippen LogP) is 13.2. The minimum atomic E-state index is 0. The van der Waals surface area contributed by atoms with E-state index in [1.807, 2.05) is 24.3 Å². The molecule has 6 nitrogen and oxygen atoms in total. The molecule has 0 saturated carbocycles. The molecule has 2 aliphatic heterocycles. The fraction of sp³-hybridized carbons (Fsp3) is 0.0417. The molecule has 4 aromatic carbocycles. The molecular formula is C48H28I2N6S2Zn. The molecule has 0 radical (unpaired) electrons. The Kier molecular flexibility index (Phi) is 12.7. The molecule has 0 N–H and O–H groups in total. The maximum Gasteiger partial charge on any atom is 2.00 e. The van der Waals surface area contributed by atoms with Crippen molar-refractivity contribution in [1.29, 1.82) is 10.5 Å². The number of fused-ring (bicyclic) bond motifs is 8. The van der Waals surface area contributed by atoms with E-state index in [2.05, 4.69) is 177 Å². The van der Waals surface area contributed by atoms with Gasteiger partial charge in [-0.25, -0.2) is 9.97 Å². The van der Waals surface area contributed by atoms with Crippen LogP contribution in [0.5, 0.6) is 0 Å². The summed E-state index contributed by atoms with van der Waals surface area (Å²) < 4.78 is 2.21. The number of nitrogens with zero attached hydrogens (tertiary/aromatic N) is 6. The van der Waals surface area contributed by atoms with Crippen LogP contribution in [0.4, 0.5) is 0 Å². The maximum absolute atomic E-state index is 9.34. The number of aromatic nitrogens is 4. The maximum atomic E-state index is 9.34. The normalized spacial score (nSPS) is 11.5. The molecule has 11 heteroatoms. The van der Waals surface area contributed by atoms with Crippen LogP contribution in [0.15, 0.2) is 121 Å². The Bertz CT molecular complexity index is 2890. The first-order valence-electron chi connectivity index (χ1n) is 18.2. The number of hydrogen-bond acceptors (Lipinski definition) is 6. The predicted molar refractivity (Wildman–Crippen MR) is 258 cm³/mol. The van der Waals surface area contributed by atoms with Crippen molar-refractivity contribution < 1.29 is 19.5 Å². The van der Waals surface area contributed by atoms with Crippen LogP contribution >= 0.6 is 68.7 Å². The van der Waals surface area contributed by atoms with E-state index in [1.54, 1.807) is 0 Å². The van der Waals surface area contributed by atoms with E-state index in [9.17, 15) is 10.5 Å². The third kappa shape index (κ3) is 8.64. The van der Waals surface area contributed by atoms with E-state index < -0.39 is 0 Å². The van der Waals surface area contributed by atoms with Gasteiger partial charge in [-0.3, -0.25) is 0 Å². The fourth-order valence-corrected chi connectivity index (χ4v) is 9.33. The van der Waals surface area contributed by atoms with Gasteiger partial charge in [0.1, 0.15) is 10.8 Å². The second-order valence-corrected chi connectivity index (χ2v) is 17.6. The molecule has 3 aromatic heterocycles. The van der Waals surface area contributed by atoms with Crippen LogP contribution in [-0.4, -0.2) is 9.97 Å². The summed E-state index contributed by atoms with van der Waals surface area (Å²) in [4.78, 5) is 21.6. The molecule has 9 rings (SSSR count). The molecule has 0 fully saturated rings. The summed E-state index contributed by atoms with van der Waals surface area (Å²) in [7, 11) is 0. The number of benzene rings is 4. The van der Waals surface area contributed by atoms with Gasteiger partial charge in [-0.15, -0.1) is 22.1 Å². The number of thiocyanates is 2. The molecule has 7 aromatic rings. The molecule has 0 atom stereocenters. The smallest absolute Gasteiger partial charge is 0.657 e. The number of halogens is 2. The molecule has 2 aliphatic rings. The number of thioether (sulfide) groups is 2. The van der Waals surface area contributed by atoms with Crippen LogP contribution in [0.3, 0.4) is 0 Å². The van der Waals surface area contributed by atoms with E-state index in [-0.39, 0.29) is 19.5 Å². The zero-order valence-electron chi connectivity index (χ0n) is 31.2. The third-order valence-corrected chi connectivity index (χ3v) is 12.4. The largest absolute Gasteiger partial charge is 2.00 e. The van der Waals surface area contributed by atoms with Crippen LogP contribution in [0.1, 0.15) is 33.9 Å². The zero-order valence-corrected chi connectivity index (χ0v) is 40.1. The minimum Gasteiger partial charge on any atom is -0.657 e. The summed E-state index contributed by atoms with van der Waals surface area (Å²) in [6.07, 6.45) is 8.29. The molecule has 0 spiro atoms. The number of rotatable bonds is 8. The molecule has 0 amide bonds. The van der Waals surface area contributed by atoms with Gasteiger partial charge in [0.05, 0.1) is 22.8 Å². The van der Waals surface area contributed by atoms with Crippen molar-refractivity contribution in [1.82, 2.24) is 19.9 Å². The summed E-state index contributed by atoms with van der Waals surface area (Å²) in [6, 6.07) is 41.8. The van der Waals surface area contributed by atoms with Crippen LogP contribution in [0.2, 0.25) is 0 Å². The van der Waals surface area contributed by atoms with Gasteiger partial charge in [-0.05, 0) is 173 Å². The van der Waals surface area contributed by atoms with Gasteiger partial charge in [0.25, 0.3) is 0 Å². The topological polar surface area (TPSA) is 102 Å². The van der Waals surface area contributed by atoms with Gasteiger partial charge in [-0.1, -0.05) is 97.1 Å². The van der Waals surface area contributed by atoms with Crippen LogP contribution in [0, 0.1) is 28.5 Å². The van der Waals surface area contributed by atoms with Gasteiger partial charge in [-0.2, -0.15) is 10.5 Å². The van der Waals surface area contributed by atoms with E-state index in [0.717, 1.165) is 108 Å². The third-order valence-electron chi connectivity index (χ3n) is 9.87. The summed E-state index contributed by atoms with van der Waals surface area (Å²) in [5.74, 6) is 1.15. The second kappa shape index (κ2) is 18.2. The summed E-state index contributed by atoms with van der Waals surface area (Å²) in [6.45, 7) is 0. The Morgan fingerprint density at radius 2 is 0.780 bits per heavy atom. The van der Waals surface area contributed by atoms with Crippen LogP contribution in [-0.2, 0) is 31.0 Å². The van der Waals surface area contributed by atoms with Crippen LogP contribution in [0.25, 0.3) is 90.9 Å². The molecule has 59 heavy (non-hydrogen) atoms. The van der Waals surface area contributed by atoms with E-state index in [4.69, 9.17) is 19.9 Å². The Labute approximate surface area is 390 Å². The molecular weight excluding hydrogens is 1040 g/mol. The van der Waals surface area contributed by atoms with E-state index >= 15 is 0 Å². The van der Waals surface area contributed by atoms with E-state index in [1.165, 1.54) is 23.5 Å². The molecule has 0 saturated heterocycles. The zero-order chi connectivity index (χ0) is 39.6. The van der Waals surface area contributed by atoms with Crippen molar-refractivity contribution in [2.45, 2.75) is 11.5 Å². The molecule has 8 bridgehead atoms. The molecule has 0 unspecified atom stereocenters. The summed E-state index contributed by atoms with van der Waals surface area (Å²) in [5, 5.41) is 23.1. The average Bonchev–Trinajstić information content (AvgIpc) is 4.08. The quantitative estimate of drug-likeness (QED) is 0.0842. The Balaban J connectivity index is 0.00000484. The van der Waals surface area contributed by atoms with Crippen molar-refractivity contribution in [2.24, 2.45) is 0 Å². The van der Waals surface area contributed by atoms with Gasteiger partial charge >= 0.3 is 19.5 Å². The van der Waals surface area contributed by atoms with Crippen molar-refractivity contribution in [2.75, 3.05) is 0 Å². The second-order valence-electron chi connectivity index (χ2n) is 13.5. The van der Waals surface area contributed by atoms with Crippen molar-refractivity contribution in [3.05, 3.63) is 162 Å². The first kappa shape index (κ1) is 41.0. The van der Waals surface area contributed by atoms with Gasteiger partial charge in [0.2, 0.25) is 0 Å². The Hall–Kier alpha value is -4.76. The van der Waals surface area contributed by atoms with Crippen molar-refractivity contribution in [3.8, 4) is 55.3 Å². The minimum absolute atomic E-state index is 0. The average molecular weight is 1070 g/mol. The Morgan fingerprint density at radius 1 is 0.458 bits per heavy atom. The van der Waals surface area contributed by atoms with Gasteiger partial charge < -0.3 is 9.97 Å². The van der Waals surface area contributed by atoms with Crippen LogP contribution < -0.4 is 9.97 Å². The summed E-state index contributed by atoms with van der Waals surface area (Å²) in [5.41, 5.74) is 16.0. The Morgan fingerprint density at radius 3 is 1.10 bits per heavy atom. The van der Waals surface area contributed by atoms with E-state index in [0.29, 0.717) is 11.5 Å². The molecule has 5 heterocycles. The van der Waals surface area contributed by atoms with Gasteiger partial charge in [0.15, 0.2) is 0 Å². The number of hydrogen-bond donors (Lipinski definition) is 0. The number of nitriles is 2. The fourth-order valence-electron chi connectivity index (χ4n) is 7.42. The van der Waals surface area contributed by atoms with Gasteiger partial charge in [0, 0.05) is 18.6 Å². The molecule has 0 aliphatic carbocycles. The molecule has 278 valence electrons. The first-order valence-corrected chi connectivity index (χ1v) is 22.4. The van der Waals surface area contributed by atoms with Crippen molar-refractivity contribution in [3.63, 3.8) is 0 Å². The monoisotopic (exact) mass is 1070 g/mol. The summed E-state index contributed by atoms with van der Waals surface area (Å²) >= 11 is 7.15.